The fourth-order valence-corrected chi connectivity index (χ4v) is 1.37. The van der Waals surface area contributed by atoms with Crippen molar-refractivity contribution >= 4 is 5.97 Å². The van der Waals surface area contributed by atoms with Gasteiger partial charge in [0.2, 0.25) is 0 Å². The highest BCUT2D eigenvalue weighted by Gasteiger charge is 2.19. The summed E-state index contributed by atoms with van der Waals surface area (Å²) < 4.78 is 5.21. The molecule has 0 heterocycles. The smallest absolute Gasteiger partial charge is 0.342 e. The van der Waals surface area contributed by atoms with Gasteiger partial charge in [-0.25, -0.2) is 4.79 Å². The van der Waals surface area contributed by atoms with E-state index in [1.54, 1.807) is 0 Å². The second-order valence-electron chi connectivity index (χ2n) is 4.20. The molecular formula is C13H18O4. The second-order valence-corrected chi connectivity index (χ2v) is 4.20. The maximum absolute atomic E-state index is 11.8. The van der Waals surface area contributed by atoms with Crippen molar-refractivity contribution in [1.82, 2.24) is 0 Å². The number of esters is 1. The van der Waals surface area contributed by atoms with Gasteiger partial charge in [0.05, 0.1) is 0 Å². The summed E-state index contributed by atoms with van der Waals surface area (Å²) >= 11 is 0. The van der Waals surface area contributed by atoms with Gasteiger partial charge in [-0.1, -0.05) is 20.3 Å². The summed E-state index contributed by atoms with van der Waals surface area (Å²) in [7, 11) is 0. The van der Waals surface area contributed by atoms with E-state index in [-0.39, 0.29) is 29.1 Å². The molecule has 0 aliphatic heterocycles. The van der Waals surface area contributed by atoms with Gasteiger partial charge in [-0.2, -0.15) is 0 Å². The van der Waals surface area contributed by atoms with E-state index in [0.717, 1.165) is 6.42 Å². The molecule has 0 fully saturated rings. The van der Waals surface area contributed by atoms with Crippen molar-refractivity contribution in [3.05, 3.63) is 23.8 Å². The molecule has 4 nitrogen and oxygen atoms in total. The number of ether oxygens (including phenoxy) is 1. The maximum Gasteiger partial charge on any atom is 0.342 e. The Bertz CT molecular complexity index is 400. The first-order chi connectivity index (χ1) is 7.95. The Morgan fingerprint density at radius 1 is 1.35 bits per heavy atom. The average molecular weight is 238 g/mol. The normalized spacial score (nSPS) is 14.1. The molecule has 0 radical (unpaired) electrons. The molecule has 0 saturated heterocycles. The zero-order chi connectivity index (χ0) is 13.0. The minimum absolute atomic E-state index is 0.0137. The molecule has 2 N–H and O–H groups in total. The predicted octanol–water partition coefficient (Wildman–Crippen LogP) is 2.69. The molecule has 94 valence electrons. The summed E-state index contributed by atoms with van der Waals surface area (Å²) in [5, 5.41) is 18.8. The number of hydrogen-bond acceptors (Lipinski definition) is 4. The van der Waals surface area contributed by atoms with Crippen LogP contribution in [0.1, 0.15) is 37.6 Å². The Labute approximate surface area is 101 Å². The van der Waals surface area contributed by atoms with E-state index >= 15 is 0 Å². The summed E-state index contributed by atoms with van der Waals surface area (Å²) in [6.07, 6.45) is 0.676. The first-order valence-electron chi connectivity index (χ1n) is 5.68. The standard InChI is InChI=1S/C13H18O4/c1-4-8(2)9(3)17-13(16)11-7-10(14)5-6-12(11)15/h5-9,14-15H,4H2,1-3H3. The maximum atomic E-state index is 11.8. The van der Waals surface area contributed by atoms with Gasteiger partial charge in [-0.3, -0.25) is 0 Å². The lowest BCUT2D eigenvalue weighted by Crippen LogP contribution is -2.21. The summed E-state index contributed by atoms with van der Waals surface area (Å²) in [4.78, 5) is 11.8. The van der Waals surface area contributed by atoms with Gasteiger partial charge >= 0.3 is 5.97 Å². The summed E-state index contributed by atoms with van der Waals surface area (Å²) in [5.41, 5.74) is -0.0137. The van der Waals surface area contributed by atoms with Gasteiger partial charge in [0, 0.05) is 0 Å². The number of rotatable bonds is 4. The van der Waals surface area contributed by atoms with Crippen LogP contribution in [0.2, 0.25) is 0 Å². The third-order valence-electron chi connectivity index (χ3n) is 2.94. The third-order valence-corrected chi connectivity index (χ3v) is 2.94. The van der Waals surface area contributed by atoms with Crippen molar-refractivity contribution in [1.29, 1.82) is 0 Å². The van der Waals surface area contributed by atoms with Crippen LogP contribution in [0.3, 0.4) is 0 Å². The molecule has 1 aromatic rings. The van der Waals surface area contributed by atoms with E-state index < -0.39 is 5.97 Å². The van der Waals surface area contributed by atoms with Gasteiger partial charge < -0.3 is 14.9 Å². The highest BCUT2D eigenvalue weighted by atomic mass is 16.5. The van der Waals surface area contributed by atoms with Crippen LogP contribution in [0.25, 0.3) is 0 Å². The highest BCUT2D eigenvalue weighted by molar-refractivity contribution is 5.92. The Morgan fingerprint density at radius 3 is 2.59 bits per heavy atom. The third kappa shape index (κ3) is 3.37. The van der Waals surface area contributed by atoms with Crippen molar-refractivity contribution < 1.29 is 19.7 Å². The largest absolute Gasteiger partial charge is 0.508 e. The number of hydrogen-bond donors (Lipinski definition) is 2. The fraction of sp³-hybridized carbons (Fsp3) is 0.462. The van der Waals surface area contributed by atoms with Gasteiger partial charge in [-0.15, -0.1) is 0 Å². The molecule has 0 aliphatic rings. The molecule has 2 atom stereocenters. The Hall–Kier alpha value is -1.71. The number of benzene rings is 1. The van der Waals surface area contributed by atoms with Crippen LogP contribution >= 0.6 is 0 Å². The lowest BCUT2D eigenvalue weighted by molar-refractivity contribution is 0.0210. The Balaban J connectivity index is 2.79. The molecule has 2 unspecified atom stereocenters. The first kappa shape index (κ1) is 13.4. The zero-order valence-corrected chi connectivity index (χ0v) is 10.3. The average Bonchev–Trinajstić information content (AvgIpc) is 2.30. The predicted molar refractivity (Wildman–Crippen MR) is 64.1 cm³/mol. The Kier molecular flexibility index (Phi) is 4.37. The monoisotopic (exact) mass is 238 g/mol. The van der Waals surface area contributed by atoms with Crippen LogP contribution in [-0.4, -0.2) is 22.3 Å². The zero-order valence-electron chi connectivity index (χ0n) is 10.3. The molecule has 1 aromatic carbocycles. The van der Waals surface area contributed by atoms with Crippen molar-refractivity contribution in [2.45, 2.75) is 33.3 Å². The lowest BCUT2D eigenvalue weighted by Gasteiger charge is -2.19. The van der Waals surface area contributed by atoms with Crippen LogP contribution in [0, 0.1) is 5.92 Å². The molecule has 4 heteroatoms. The number of aromatic hydroxyl groups is 2. The summed E-state index contributed by atoms with van der Waals surface area (Å²) in [6, 6.07) is 3.77. The molecule has 0 amide bonds. The molecule has 0 spiro atoms. The van der Waals surface area contributed by atoms with Crippen LogP contribution in [-0.2, 0) is 4.74 Å². The number of carbonyl (C=O) groups is 1. The molecule has 0 aliphatic carbocycles. The molecule has 1 rings (SSSR count). The van der Waals surface area contributed by atoms with Gasteiger partial charge in [0.1, 0.15) is 23.2 Å². The quantitative estimate of drug-likeness (QED) is 0.625. The minimum atomic E-state index is -0.619. The second kappa shape index (κ2) is 5.57. The van der Waals surface area contributed by atoms with Crippen molar-refractivity contribution in [2.75, 3.05) is 0 Å². The minimum Gasteiger partial charge on any atom is -0.508 e. The lowest BCUT2D eigenvalue weighted by atomic mass is 10.0. The van der Waals surface area contributed by atoms with E-state index in [2.05, 4.69) is 0 Å². The van der Waals surface area contributed by atoms with Gasteiger partial charge in [-0.05, 0) is 31.0 Å². The van der Waals surface area contributed by atoms with Crippen molar-refractivity contribution in [2.24, 2.45) is 5.92 Å². The van der Waals surface area contributed by atoms with Crippen LogP contribution in [0.15, 0.2) is 18.2 Å². The van der Waals surface area contributed by atoms with E-state index in [1.165, 1.54) is 18.2 Å². The Morgan fingerprint density at radius 2 is 2.00 bits per heavy atom. The van der Waals surface area contributed by atoms with Crippen molar-refractivity contribution in [3.8, 4) is 11.5 Å². The summed E-state index contributed by atoms with van der Waals surface area (Å²) in [6.45, 7) is 5.81. The molecule has 0 bridgehead atoms. The highest BCUT2D eigenvalue weighted by Crippen LogP contribution is 2.24. The SMILES string of the molecule is CCC(C)C(C)OC(=O)c1cc(O)ccc1O. The number of phenolic OH excluding ortho intramolecular Hbond substituents is 2. The van der Waals surface area contributed by atoms with E-state index in [4.69, 9.17) is 4.74 Å². The molecule has 17 heavy (non-hydrogen) atoms. The number of carbonyl (C=O) groups excluding carboxylic acids is 1. The van der Waals surface area contributed by atoms with Crippen molar-refractivity contribution in [3.63, 3.8) is 0 Å². The fourth-order valence-electron chi connectivity index (χ4n) is 1.37. The van der Waals surface area contributed by atoms with Gasteiger partial charge in [0.25, 0.3) is 0 Å². The van der Waals surface area contributed by atoms with Gasteiger partial charge in [0.15, 0.2) is 0 Å². The van der Waals surface area contributed by atoms with E-state index in [0.29, 0.717) is 0 Å². The van der Waals surface area contributed by atoms with Crippen LogP contribution in [0.5, 0.6) is 11.5 Å². The molecular weight excluding hydrogens is 220 g/mol. The summed E-state index contributed by atoms with van der Waals surface area (Å²) in [5.74, 6) is -0.639. The van der Waals surface area contributed by atoms with E-state index in [9.17, 15) is 15.0 Å². The molecule has 0 saturated carbocycles. The first-order valence-corrected chi connectivity index (χ1v) is 5.68. The number of phenols is 2. The topological polar surface area (TPSA) is 66.8 Å². The van der Waals surface area contributed by atoms with E-state index in [1.807, 2.05) is 20.8 Å². The van der Waals surface area contributed by atoms with Crippen LogP contribution in [0.4, 0.5) is 0 Å². The van der Waals surface area contributed by atoms with Crippen LogP contribution < -0.4 is 0 Å². The molecule has 0 aromatic heterocycles.